The summed E-state index contributed by atoms with van der Waals surface area (Å²) in [5.41, 5.74) is 2.48. The van der Waals surface area contributed by atoms with Gasteiger partial charge in [0.1, 0.15) is 5.82 Å². The van der Waals surface area contributed by atoms with Gasteiger partial charge in [-0.05, 0) is 50.1 Å². The van der Waals surface area contributed by atoms with Crippen molar-refractivity contribution in [3.8, 4) is 6.07 Å². The third kappa shape index (κ3) is 5.69. The molecular weight excluding hydrogens is 366 g/mol. The second-order valence-corrected chi connectivity index (χ2v) is 7.47. The molecule has 0 radical (unpaired) electrons. The van der Waals surface area contributed by atoms with Gasteiger partial charge in [-0.15, -0.1) is 0 Å². The molecule has 1 aromatic carbocycles. The number of rotatable bonds is 5. The normalized spacial score (nSPS) is 19.9. The van der Waals surface area contributed by atoms with Crippen LogP contribution in [0.2, 0.25) is 0 Å². The summed E-state index contributed by atoms with van der Waals surface area (Å²) in [6.07, 6.45) is 2.16. The molecule has 3 atom stereocenters. The molecule has 0 saturated carbocycles. The van der Waals surface area contributed by atoms with Crippen molar-refractivity contribution >= 4 is 11.8 Å². The highest BCUT2D eigenvalue weighted by atomic mass is 16.5. The van der Waals surface area contributed by atoms with Crippen LogP contribution in [0.25, 0.3) is 0 Å². The number of urea groups is 1. The van der Waals surface area contributed by atoms with Gasteiger partial charge in [0.15, 0.2) is 0 Å². The van der Waals surface area contributed by atoms with Gasteiger partial charge in [-0.25, -0.2) is 9.78 Å². The Bertz CT molecular complexity index is 850. The maximum atomic E-state index is 12.2. The number of ether oxygens (including phenoxy) is 1. The lowest BCUT2D eigenvalue weighted by atomic mass is 10.1. The standard InChI is InChI=1S/C22H27N5O2/c1-15-13-27(14-16(2)29-15)21-9-6-19(11-24-21)12-25-22(28)26-17(3)20-7-4-18(10-23)5-8-20/h4-9,11,15-17H,12-14H2,1-3H3,(H2,25,26,28). The number of carbonyl (C=O) groups is 1. The van der Waals surface area contributed by atoms with E-state index in [1.807, 2.05) is 31.2 Å². The van der Waals surface area contributed by atoms with E-state index in [4.69, 9.17) is 10.00 Å². The van der Waals surface area contributed by atoms with Gasteiger partial charge in [-0.3, -0.25) is 0 Å². The molecule has 3 unspecified atom stereocenters. The Labute approximate surface area is 171 Å². The molecule has 2 amide bonds. The van der Waals surface area contributed by atoms with Gasteiger partial charge in [-0.2, -0.15) is 5.26 Å². The van der Waals surface area contributed by atoms with Crippen molar-refractivity contribution < 1.29 is 9.53 Å². The van der Waals surface area contributed by atoms with E-state index < -0.39 is 0 Å². The van der Waals surface area contributed by atoms with Crippen LogP contribution in [0.5, 0.6) is 0 Å². The van der Waals surface area contributed by atoms with E-state index >= 15 is 0 Å². The molecule has 2 N–H and O–H groups in total. The number of carbonyl (C=O) groups excluding carboxylic acids is 1. The van der Waals surface area contributed by atoms with Crippen LogP contribution in [-0.2, 0) is 11.3 Å². The molecule has 2 aromatic rings. The molecule has 1 fully saturated rings. The zero-order valence-corrected chi connectivity index (χ0v) is 17.1. The second-order valence-electron chi connectivity index (χ2n) is 7.47. The predicted molar refractivity (Wildman–Crippen MR) is 111 cm³/mol. The fourth-order valence-corrected chi connectivity index (χ4v) is 3.43. The molecule has 0 bridgehead atoms. The van der Waals surface area contributed by atoms with Gasteiger partial charge in [0.2, 0.25) is 0 Å². The summed E-state index contributed by atoms with van der Waals surface area (Å²) in [6.45, 7) is 8.09. The van der Waals surface area contributed by atoms with Crippen molar-refractivity contribution in [3.63, 3.8) is 0 Å². The van der Waals surface area contributed by atoms with E-state index in [9.17, 15) is 4.79 Å². The number of hydrogen-bond donors (Lipinski definition) is 2. The van der Waals surface area contributed by atoms with Crippen LogP contribution in [0, 0.1) is 11.3 Å². The van der Waals surface area contributed by atoms with E-state index in [1.165, 1.54) is 0 Å². The minimum atomic E-state index is -0.248. The molecule has 1 aromatic heterocycles. The highest BCUT2D eigenvalue weighted by Gasteiger charge is 2.23. The van der Waals surface area contributed by atoms with Crippen molar-refractivity contribution in [2.75, 3.05) is 18.0 Å². The number of benzene rings is 1. The summed E-state index contributed by atoms with van der Waals surface area (Å²) in [5, 5.41) is 14.6. The first kappa shape index (κ1) is 20.6. The lowest BCUT2D eigenvalue weighted by Crippen LogP contribution is -2.45. The Morgan fingerprint density at radius 1 is 1.24 bits per heavy atom. The molecule has 1 aliphatic heterocycles. The number of aromatic nitrogens is 1. The molecule has 1 aliphatic rings. The van der Waals surface area contributed by atoms with Crippen molar-refractivity contribution in [2.24, 2.45) is 0 Å². The summed E-state index contributed by atoms with van der Waals surface area (Å²) in [7, 11) is 0. The number of nitrogens with zero attached hydrogens (tertiary/aromatic N) is 3. The lowest BCUT2D eigenvalue weighted by Gasteiger charge is -2.36. The third-order valence-corrected chi connectivity index (χ3v) is 4.89. The number of hydrogen-bond acceptors (Lipinski definition) is 5. The van der Waals surface area contributed by atoms with Gasteiger partial charge in [0, 0.05) is 25.8 Å². The first-order valence-corrected chi connectivity index (χ1v) is 9.84. The van der Waals surface area contributed by atoms with Crippen LogP contribution >= 0.6 is 0 Å². The van der Waals surface area contributed by atoms with Gasteiger partial charge in [0.25, 0.3) is 0 Å². The van der Waals surface area contributed by atoms with Crippen molar-refractivity contribution in [2.45, 2.75) is 45.6 Å². The molecule has 152 valence electrons. The molecule has 7 nitrogen and oxygen atoms in total. The Morgan fingerprint density at radius 2 is 1.93 bits per heavy atom. The number of nitrogens with one attached hydrogen (secondary N) is 2. The molecule has 2 heterocycles. The Morgan fingerprint density at radius 3 is 2.52 bits per heavy atom. The highest BCUT2D eigenvalue weighted by Crippen LogP contribution is 2.18. The minimum Gasteiger partial charge on any atom is -0.372 e. The lowest BCUT2D eigenvalue weighted by molar-refractivity contribution is -0.00546. The molecule has 7 heteroatoms. The Balaban J connectivity index is 1.49. The SMILES string of the molecule is CC1CN(c2ccc(CNC(=O)NC(C)c3ccc(C#N)cc3)cn2)CC(C)O1. The van der Waals surface area contributed by atoms with Crippen LogP contribution in [0.15, 0.2) is 42.6 Å². The first-order chi connectivity index (χ1) is 13.9. The minimum absolute atomic E-state index is 0.159. The molecular formula is C22H27N5O2. The van der Waals surface area contributed by atoms with Crippen LogP contribution < -0.4 is 15.5 Å². The van der Waals surface area contributed by atoms with Gasteiger partial charge in [-0.1, -0.05) is 18.2 Å². The summed E-state index contributed by atoms with van der Waals surface area (Å²) >= 11 is 0. The van der Waals surface area contributed by atoms with Crippen LogP contribution in [-0.4, -0.2) is 36.3 Å². The topological polar surface area (TPSA) is 90.3 Å². The summed E-state index contributed by atoms with van der Waals surface area (Å²) in [5.74, 6) is 0.926. The zero-order valence-electron chi connectivity index (χ0n) is 17.1. The summed E-state index contributed by atoms with van der Waals surface area (Å²) in [4.78, 5) is 19.0. The van der Waals surface area contributed by atoms with Crippen molar-refractivity contribution in [1.82, 2.24) is 15.6 Å². The van der Waals surface area contributed by atoms with E-state index in [0.29, 0.717) is 12.1 Å². The second kappa shape index (κ2) is 9.39. The zero-order chi connectivity index (χ0) is 20.8. The number of nitriles is 1. The number of amides is 2. The molecule has 3 rings (SSSR count). The monoisotopic (exact) mass is 393 g/mol. The summed E-state index contributed by atoms with van der Waals surface area (Å²) < 4.78 is 5.76. The number of anilines is 1. The van der Waals surface area contributed by atoms with E-state index in [-0.39, 0.29) is 24.3 Å². The molecule has 1 saturated heterocycles. The van der Waals surface area contributed by atoms with Crippen LogP contribution in [0.3, 0.4) is 0 Å². The van der Waals surface area contributed by atoms with E-state index in [1.54, 1.807) is 18.3 Å². The average molecular weight is 393 g/mol. The van der Waals surface area contributed by atoms with Crippen molar-refractivity contribution in [3.05, 3.63) is 59.3 Å². The maximum Gasteiger partial charge on any atom is 0.315 e. The molecule has 0 spiro atoms. The third-order valence-electron chi connectivity index (χ3n) is 4.89. The van der Waals surface area contributed by atoms with E-state index in [2.05, 4.69) is 40.4 Å². The van der Waals surface area contributed by atoms with Gasteiger partial charge >= 0.3 is 6.03 Å². The maximum absolute atomic E-state index is 12.2. The fourth-order valence-electron chi connectivity index (χ4n) is 3.43. The smallest absolute Gasteiger partial charge is 0.315 e. The fraction of sp³-hybridized carbons (Fsp3) is 0.409. The molecule has 0 aliphatic carbocycles. The average Bonchev–Trinajstić information content (AvgIpc) is 2.72. The number of pyridine rings is 1. The number of morpholine rings is 1. The van der Waals surface area contributed by atoms with Gasteiger partial charge in [0.05, 0.1) is 29.9 Å². The first-order valence-electron chi connectivity index (χ1n) is 9.84. The van der Waals surface area contributed by atoms with Crippen LogP contribution in [0.4, 0.5) is 10.6 Å². The Hall–Kier alpha value is -3.11. The largest absolute Gasteiger partial charge is 0.372 e. The summed E-state index contributed by atoms with van der Waals surface area (Å²) in [6, 6.07) is 12.8. The van der Waals surface area contributed by atoms with Crippen LogP contribution in [0.1, 0.15) is 43.5 Å². The predicted octanol–water partition coefficient (Wildman–Crippen LogP) is 3.13. The van der Waals surface area contributed by atoms with Gasteiger partial charge < -0.3 is 20.3 Å². The quantitative estimate of drug-likeness (QED) is 0.815. The van der Waals surface area contributed by atoms with Crippen molar-refractivity contribution in [1.29, 1.82) is 5.26 Å². The molecule has 29 heavy (non-hydrogen) atoms. The highest BCUT2D eigenvalue weighted by molar-refractivity contribution is 5.74. The van der Waals surface area contributed by atoms with E-state index in [0.717, 1.165) is 30.0 Å². The Kier molecular flexibility index (Phi) is 6.68.